The number of cyclic esters (lactones) is 1. The first-order valence-electron chi connectivity index (χ1n) is 2.14. The minimum atomic E-state index is -0.869. The number of ether oxygens (including phenoxy) is 1. The largest absolute Gasteiger partial charge is 0.437 e. The third-order valence-corrected chi connectivity index (χ3v) is 1.73. The van der Waals surface area contributed by atoms with Gasteiger partial charge >= 0.3 is 5.97 Å². The molecule has 0 aromatic carbocycles. The average molecular weight is 168 g/mol. The fourth-order valence-electron chi connectivity index (χ4n) is 0.441. The van der Waals surface area contributed by atoms with Gasteiger partial charge in [-0.15, -0.1) is 0 Å². The molecule has 1 rings (SSSR count). The van der Waals surface area contributed by atoms with E-state index in [4.69, 9.17) is 28.9 Å². The molecule has 0 aromatic rings. The molecule has 1 unspecified atom stereocenters. The zero-order valence-electron chi connectivity index (χ0n) is 4.23. The summed E-state index contributed by atoms with van der Waals surface area (Å²) in [6.07, 6.45) is -0.869. The highest BCUT2D eigenvalue weighted by Crippen LogP contribution is 2.25. The van der Waals surface area contributed by atoms with Crippen molar-refractivity contribution in [3.8, 4) is 0 Å². The zero-order valence-corrected chi connectivity index (χ0v) is 5.74. The quantitative estimate of drug-likeness (QED) is 0.536. The van der Waals surface area contributed by atoms with Crippen molar-refractivity contribution in [1.29, 1.82) is 0 Å². The highest BCUT2D eigenvalue weighted by Gasteiger charge is 2.28. The summed E-state index contributed by atoms with van der Waals surface area (Å²) in [5, 5.41) is -0.0502. The second-order valence-corrected chi connectivity index (χ2v) is 2.27. The maximum atomic E-state index is 10.4. The Morgan fingerprint density at radius 3 is 2.22 bits per heavy atom. The maximum Gasteiger partial charge on any atom is 0.353 e. The Labute approximate surface area is 61.4 Å². The Morgan fingerprint density at radius 1 is 1.56 bits per heavy atom. The molecule has 0 fully saturated rings. The zero-order chi connectivity index (χ0) is 7.02. The smallest absolute Gasteiger partial charge is 0.353 e. The maximum absolute atomic E-state index is 10.4. The van der Waals surface area contributed by atoms with Crippen molar-refractivity contribution in [2.45, 2.75) is 6.23 Å². The molecule has 0 bridgehead atoms. The number of esters is 1. The second-order valence-electron chi connectivity index (χ2n) is 1.49. The molecule has 5 heteroatoms. The number of hydrogen-bond acceptors (Lipinski definition) is 3. The van der Waals surface area contributed by atoms with Gasteiger partial charge in [0, 0.05) is 0 Å². The SMILES string of the molecule is NC1OC(=O)C(Cl)=C1Cl. The van der Waals surface area contributed by atoms with Crippen molar-refractivity contribution in [2.24, 2.45) is 5.73 Å². The van der Waals surface area contributed by atoms with E-state index in [1.165, 1.54) is 0 Å². The minimum absolute atomic E-state index is 0.0710. The first kappa shape index (κ1) is 6.86. The molecular formula is C4H3Cl2NO2. The van der Waals surface area contributed by atoms with E-state index in [-0.39, 0.29) is 10.1 Å². The van der Waals surface area contributed by atoms with E-state index in [9.17, 15) is 4.79 Å². The molecule has 1 aliphatic heterocycles. The molecule has 0 aliphatic carbocycles. The van der Waals surface area contributed by atoms with Crippen LogP contribution in [0.1, 0.15) is 0 Å². The van der Waals surface area contributed by atoms with Gasteiger partial charge in [0.05, 0.1) is 5.03 Å². The Morgan fingerprint density at radius 2 is 2.11 bits per heavy atom. The van der Waals surface area contributed by atoms with Crippen molar-refractivity contribution >= 4 is 29.2 Å². The lowest BCUT2D eigenvalue weighted by Crippen LogP contribution is -2.20. The van der Waals surface area contributed by atoms with E-state index >= 15 is 0 Å². The van der Waals surface area contributed by atoms with Gasteiger partial charge in [0.2, 0.25) is 0 Å². The fraction of sp³-hybridized carbons (Fsp3) is 0.250. The molecule has 0 spiro atoms. The Hall–Kier alpha value is -0.250. The van der Waals surface area contributed by atoms with Crippen LogP contribution in [0, 0.1) is 0 Å². The highest BCUT2D eigenvalue weighted by molar-refractivity contribution is 6.48. The topological polar surface area (TPSA) is 52.3 Å². The van der Waals surface area contributed by atoms with Crippen molar-refractivity contribution in [3.63, 3.8) is 0 Å². The van der Waals surface area contributed by atoms with Crippen molar-refractivity contribution in [2.75, 3.05) is 0 Å². The summed E-state index contributed by atoms with van der Waals surface area (Å²) in [7, 11) is 0. The molecule has 50 valence electrons. The summed E-state index contributed by atoms with van der Waals surface area (Å²) < 4.78 is 4.39. The Balaban J connectivity index is 2.92. The molecule has 0 saturated heterocycles. The van der Waals surface area contributed by atoms with Crippen molar-refractivity contribution in [3.05, 3.63) is 10.1 Å². The van der Waals surface area contributed by atoms with Gasteiger partial charge in [-0.05, 0) is 0 Å². The normalized spacial score (nSPS) is 27.0. The van der Waals surface area contributed by atoms with Crippen LogP contribution in [0.25, 0.3) is 0 Å². The molecule has 1 heterocycles. The van der Waals surface area contributed by atoms with E-state index in [2.05, 4.69) is 4.74 Å². The number of carbonyl (C=O) groups is 1. The van der Waals surface area contributed by atoms with Crippen LogP contribution >= 0.6 is 23.2 Å². The van der Waals surface area contributed by atoms with E-state index in [1.54, 1.807) is 0 Å². The van der Waals surface area contributed by atoms with E-state index in [0.717, 1.165) is 0 Å². The third-order valence-electron chi connectivity index (χ3n) is 0.873. The van der Waals surface area contributed by atoms with Crippen LogP contribution < -0.4 is 5.73 Å². The van der Waals surface area contributed by atoms with Crippen LogP contribution in [0.15, 0.2) is 10.1 Å². The number of halogens is 2. The third kappa shape index (κ3) is 1.03. The first-order chi connectivity index (χ1) is 4.13. The van der Waals surface area contributed by atoms with Crippen LogP contribution in [0.4, 0.5) is 0 Å². The van der Waals surface area contributed by atoms with Gasteiger partial charge in [-0.1, -0.05) is 23.2 Å². The van der Waals surface area contributed by atoms with Crippen LogP contribution in [0.2, 0.25) is 0 Å². The molecule has 9 heavy (non-hydrogen) atoms. The number of carbonyl (C=O) groups excluding carboxylic acids is 1. The fourth-order valence-corrected chi connectivity index (χ4v) is 0.715. The van der Waals surface area contributed by atoms with Gasteiger partial charge in [-0.25, -0.2) is 4.79 Å². The van der Waals surface area contributed by atoms with Crippen molar-refractivity contribution in [1.82, 2.24) is 0 Å². The molecule has 0 radical (unpaired) electrons. The predicted octanol–water partition coefficient (Wildman–Crippen LogP) is 0.517. The minimum Gasteiger partial charge on any atom is -0.437 e. The van der Waals surface area contributed by atoms with E-state index in [0.29, 0.717) is 0 Å². The summed E-state index contributed by atoms with van der Waals surface area (Å²) >= 11 is 10.7. The summed E-state index contributed by atoms with van der Waals surface area (Å²) in [5.74, 6) is -0.658. The van der Waals surface area contributed by atoms with Gasteiger partial charge in [-0.2, -0.15) is 0 Å². The molecular weight excluding hydrogens is 165 g/mol. The molecule has 3 nitrogen and oxygen atoms in total. The van der Waals surface area contributed by atoms with Gasteiger partial charge in [0.15, 0.2) is 6.23 Å². The van der Waals surface area contributed by atoms with Crippen LogP contribution in [0.3, 0.4) is 0 Å². The molecule has 0 aromatic heterocycles. The molecule has 2 N–H and O–H groups in total. The summed E-state index contributed by atoms with van der Waals surface area (Å²) in [6.45, 7) is 0. The van der Waals surface area contributed by atoms with E-state index in [1.807, 2.05) is 0 Å². The number of hydrogen-bond donors (Lipinski definition) is 1. The highest BCUT2D eigenvalue weighted by atomic mass is 35.5. The van der Waals surface area contributed by atoms with Gasteiger partial charge in [0.1, 0.15) is 5.03 Å². The molecule has 0 saturated carbocycles. The van der Waals surface area contributed by atoms with Gasteiger partial charge < -0.3 is 4.74 Å². The van der Waals surface area contributed by atoms with Gasteiger partial charge in [0.25, 0.3) is 0 Å². The molecule has 1 aliphatic rings. The standard InChI is InChI=1S/C4H3Cl2NO2/c5-1-2(6)4(8)9-3(1)7/h3H,7H2. The number of nitrogens with two attached hydrogens (primary N) is 1. The molecule has 1 atom stereocenters. The Kier molecular flexibility index (Phi) is 1.66. The van der Waals surface area contributed by atoms with Gasteiger partial charge in [-0.3, -0.25) is 5.73 Å². The number of rotatable bonds is 0. The lowest BCUT2D eigenvalue weighted by atomic mass is 10.5. The van der Waals surface area contributed by atoms with E-state index < -0.39 is 12.2 Å². The van der Waals surface area contributed by atoms with Crippen LogP contribution in [-0.4, -0.2) is 12.2 Å². The lowest BCUT2D eigenvalue weighted by Gasteiger charge is -1.98. The summed E-state index contributed by atoms with van der Waals surface area (Å²) in [4.78, 5) is 10.4. The second kappa shape index (κ2) is 2.17. The first-order valence-corrected chi connectivity index (χ1v) is 2.90. The monoisotopic (exact) mass is 167 g/mol. The Bertz CT molecular complexity index is 189. The average Bonchev–Trinajstić information content (AvgIpc) is 1.98. The van der Waals surface area contributed by atoms with Crippen molar-refractivity contribution < 1.29 is 9.53 Å². The van der Waals surface area contributed by atoms with Crippen LogP contribution in [0.5, 0.6) is 0 Å². The predicted molar refractivity (Wildman–Crippen MR) is 32.8 cm³/mol. The molecule has 0 amide bonds. The van der Waals surface area contributed by atoms with Crippen LogP contribution in [-0.2, 0) is 9.53 Å². The summed E-state index contributed by atoms with van der Waals surface area (Å²) in [5.41, 5.74) is 5.14. The summed E-state index contributed by atoms with van der Waals surface area (Å²) in [6, 6.07) is 0. The lowest BCUT2D eigenvalue weighted by molar-refractivity contribution is -0.138.